The summed E-state index contributed by atoms with van der Waals surface area (Å²) in [7, 11) is 0. The van der Waals surface area contributed by atoms with E-state index in [1.54, 1.807) is 25.1 Å². The molecule has 9 heteroatoms. The van der Waals surface area contributed by atoms with Crippen molar-refractivity contribution in [3.63, 3.8) is 0 Å². The molecule has 0 saturated carbocycles. The summed E-state index contributed by atoms with van der Waals surface area (Å²) in [6.45, 7) is 3.57. The van der Waals surface area contributed by atoms with Crippen molar-refractivity contribution in [3.8, 4) is 5.75 Å². The monoisotopic (exact) mass is 511 g/mol. The molecule has 28 heavy (non-hydrogen) atoms. The third-order valence-corrected chi connectivity index (χ3v) is 4.34. The zero-order valence-electron chi connectivity index (χ0n) is 16.2. The Morgan fingerprint density at radius 2 is 1.96 bits per heavy atom. The predicted molar refractivity (Wildman–Crippen MR) is 114 cm³/mol. The van der Waals surface area contributed by atoms with E-state index in [2.05, 4.69) is 19.9 Å². The number of guanidine groups is 1. The number of benzene rings is 1. The third-order valence-electron chi connectivity index (χ3n) is 4.34. The van der Waals surface area contributed by atoms with Gasteiger partial charge < -0.3 is 19.7 Å². The maximum atomic E-state index is 12.6. The Labute approximate surface area is 181 Å². The lowest BCUT2D eigenvalue weighted by atomic mass is 9.97. The molecule has 0 radical (unpaired) electrons. The summed E-state index contributed by atoms with van der Waals surface area (Å²) in [6.07, 6.45) is 1.41. The highest BCUT2D eigenvalue weighted by Crippen LogP contribution is 2.22. The summed E-state index contributed by atoms with van der Waals surface area (Å²) in [5.74, 6) is 0.612. The first kappa shape index (κ1) is 24.4. The molecule has 1 aromatic carbocycles. The van der Waals surface area contributed by atoms with Gasteiger partial charge in [0.2, 0.25) is 0 Å². The van der Waals surface area contributed by atoms with E-state index >= 15 is 0 Å². The van der Waals surface area contributed by atoms with E-state index in [0.717, 1.165) is 0 Å². The van der Waals surface area contributed by atoms with Gasteiger partial charge in [0.15, 0.2) is 5.96 Å². The second-order valence-corrected chi connectivity index (χ2v) is 6.17. The molecule has 0 bridgehead atoms. The van der Waals surface area contributed by atoms with Gasteiger partial charge in [0.05, 0.1) is 19.1 Å². The number of rotatable bonds is 7. The molecule has 1 heterocycles. The zero-order valence-corrected chi connectivity index (χ0v) is 18.5. The summed E-state index contributed by atoms with van der Waals surface area (Å²) in [6, 6.07) is 6.64. The first-order chi connectivity index (χ1) is 13.0. The molecule has 1 aromatic rings. The molecule has 158 valence electrons. The minimum Gasteiger partial charge on any atom is -0.466 e. The van der Waals surface area contributed by atoms with Gasteiger partial charge in [0.1, 0.15) is 5.75 Å². The fourth-order valence-electron chi connectivity index (χ4n) is 3.02. The number of para-hydroxylation sites is 1. The molecule has 2 rings (SSSR count). The number of halogens is 3. The number of piperidine rings is 1. The smallest absolute Gasteiger partial charge is 0.387 e. The van der Waals surface area contributed by atoms with Gasteiger partial charge in [-0.2, -0.15) is 8.78 Å². The van der Waals surface area contributed by atoms with E-state index in [1.165, 1.54) is 6.07 Å². The SMILES string of the molecule is CCNC(=NCc1ccccc1OC(F)F)N1CCC(C(=O)OCC)CC1.I. The number of carbonyl (C=O) groups is 1. The van der Waals surface area contributed by atoms with Crippen LogP contribution in [0.5, 0.6) is 5.75 Å². The van der Waals surface area contributed by atoms with Gasteiger partial charge >= 0.3 is 12.6 Å². The second kappa shape index (κ2) is 12.7. The number of nitrogens with zero attached hydrogens (tertiary/aromatic N) is 2. The summed E-state index contributed by atoms with van der Waals surface area (Å²) in [5.41, 5.74) is 0.592. The van der Waals surface area contributed by atoms with E-state index in [0.29, 0.717) is 50.6 Å². The van der Waals surface area contributed by atoms with Crippen LogP contribution in [-0.2, 0) is 16.1 Å². The van der Waals surface area contributed by atoms with Crippen LogP contribution in [0.2, 0.25) is 0 Å². The van der Waals surface area contributed by atoms with Crippen molar-refractivity contribution >= 4 is 35.9 Å². The Hall–Kier alpha value is -1.65. The quantitative estimate of drug-likeness (QED) is 0.262. The van der Waals surface area contributed by atoms with Crippen molar-refractivity contribution in [3.05, 3.63) is 29.8 Å². The number of likely N-dealkylation sites (tertiary alicyclic amines) is 1. The van der Waals surface area contributed by atoms with Crippen LogP contribution in [0.3, 0.4) is 0 Å². The molecule has 0 amide bonds. The highest BCUT2D eigenvalue weighted by atomic mass is 127. The van der Waals surface area contributed by atoms with E-state index in [1.807, 2.05) is 6.92 Å². The van der Waals surface area contributed by atoms with Crippen LogP contribution in [0.1, 0.15) is 32.3 Å². The average Bonchev–Trinajstić information content (AvgIpc) is 2.66. The minimum absolute atomic E-state index is 0. The van der Waals surface area contributed by atoms with E-state index in [9.17, 15) is 13.6 Å². The predicted octanol–water partition coefficient (Wildman–Crippen LogP) is 3.65. The molecule has 6 nitrogen and oxygen atoms in total. The lowest BCUT2D eigenvalue weighted by molar-refractivity contribution is -0.149. The summed E-state index contributed by atoms with van der Waals surface area (Å²) in [4.78, 5) is 18.5. The Kier molecular flexibility index (Phi) is 11.1. The molecule has 1 aliphatic heterocycles. The van der Waals surface area contributed by atoms with Crippen molar-refractivity contribution in [1.82, 2.24) is 10.2 Å². The fraction of sp³-hybridized carbons (Fsp3) is 0.579. The Balaban J connectivity index is 0.00000392. The third kappa shape index (κ3) is 7.40. The van der Waals surface area contributed by atoms with Crippen molar-refractivity contribution < 1.29 is 23.0 Å². The fourth-order valence-corrected chi connectivity index (χ4v) is 3.02. The minimum atomic E-state index is -2.87. The van der Waals surface area contributed by atoms with Gasteiger partial charge in [-0.3, -0.25) is 4.79 Å². The van der Waals surface area contributed by atoms with Crippen LogP contribution >= 0.6 is 24.0 Å². The first-order valence-electron chi connectivity index (χ1n) is 9.27. The molecule has 0 spiro atoms. The van der Waals surface area contributed by atoms with E-state index in [-0.39, 0.29) is 48.2 Å². The Bertz CT molecular complexity index is 639. The van der Waals surface area contributed by atoms with Gasteiger partial charge in [0.25, 0.3) is 0 Å². The number of ether oxygens (including phenoxy) is 2. The number of aliphatic imine (C=N–C) groups is 1. The molecule has 1 aliphatic rings. The van der Waals surface area contributed by atoms with E-state index < -0.39 is 6.61 Å². The van der Waals surface area contributed by atoms with Crippen molar-refractivity contribution in [1.29, 1.82) is 0 Å². The van der Waals surface area contributed by atoms with Crippen LogP contribution in [0.4, 0.5) is 8.78 Å². The highest BCUT2D eigenvalue weighted by molar-refractivity contribution is 14.0. The topological polar surface area (TPSA) is 63.2 Å². The second-order valence-electron chi connectivity index (χ2n) is 6.17. The average molecular weight is 511 g/mol. The van der Waals surface area contributed by atoms with Crippen LogP contribution < -0.4 is 10.1 Å². The van der Waals surface area contributed by atoms with Gasteiger partial charge in [-0.15, -0.1) is 24.0 Å². The molecule has 1 fully saturated rings. The molecule has 0 aliphatic carbocycles. The largest absolute Gasteiger partial charge is 0.466 e. The van der Waals surface area contributed by atoms with Crippen LogP contribution in [0, 0.1) is 5.92 Å². The number of alkyl halides is 2. The van der Waals surface area contributed by atoms with Gasteiger partial charge in [0, 0.05) is 25.2 Å². The molecule has 1 N–H and O–H groups in total. The van der Waals surface area contributed by atoms with Gasteiger partial charge in [-0.1, -0.05) is 18.2 Å². The summed E-state index contributed by atoms with van der Waals surface area (Å²) in [5, 5.41) is 3.22. The number of hydrogen-bond acceptors (Lipinski definition) is 4. The number of hydrogen-bond donors (Lipinski definition) is 1. The Morgan fingerprint density at radius 1 is 1.29 bits per heavy atom. The highest BCUT2D eigenvalue weighted by Gasteiger charge is 2.27. The van der Waals surface area contributed by atoms with Gasteiger partial charge in [-0.25, -0.2) is 4.99 Å². The number of esters is 1. The normalized spacial score (nSPS) is 15.2. The van der Waals surface area contributed by atoms with Crippen LogP contribution in [-0.4, -0.2) is 49.7 Å². The maximum Gasteiger partial charge on any atom is 0.387 e. The summed E-state index contributed by atoms with van der Waals surface area (Å²) >= 11 is 0. The standard InChI is InChI=1S/C19H27F2N3O3.HI/c1-3-22-19(24-11-9-14(10-12-24)17(25)26-4-2)23-13-15-7-5-6-8-16(15)27-18(20)21;/h5-8,14,18H,3-4,9-13H2,1-2H3,(H,22,23);1H. The number of carbonyl (C=O) groups excluding carboxylic acids is 1. The van der Waals surface area contributed by atoms with E-state index in [4.69, 9.17) is 4.74 Å². The molecule has 0 unspecified atom stereocenters. The van der Waals surface area contributed by atoms with Crippen LogP contribution in [0.15, 0.2) is 29.3 Å². The number of nitrogens with one attached hydrogen (secondary N) is 1. The first-order valence-corrected chi connectivity index (χ1v) is 9.27. The maximum absolute atomic E-state index is 12.6. The molecular formula is C19H28F2IN3O3. The van der Waals surface area contributed by atoms with Crippen LogP contribution in [0.25, 0.3) is 0 Å². The summed E-state index contributed by atoms with van der Waals surface area (Å²) < 4.78 is 34.8. The lowest BCUT2D eigenvalue weighted by Gasteiger charge is -2.33. The molecule has 0 aromatic heterocycles. The van der Waals surface area contributed by atoms with Gasteiger partial charge in [-0.05, 0) is 32.8 Å². The lowest BCUT2D eigenvalue weighted by Crippen LogP contribution is -2.46. The van der Waals surface area contributed by atoms with Crippen molar-refractivity contribution in [2.45, 2.75) is 39.8 Å². The Morgan fingerprint density at radius 3 is 2.57 bits per heavy atom. The molecular weight excluding hydrogens is 483 g/mol. The molecule has 1 saturated heterocycles. The van der Waals surface area contributed by atoms with Crippen molar-refractivity contribution in [2.75, 3.05) is 26.2 Å². The van der Waals surface area contributed by atoms with Crippen molar-refractivity contribution in [2.24, 2.45) is 10.9 Å². The zero-order chi connectivity index (χ0) is 19.6. The molecule has 0 atom stereocenters.